The first-order chi connectivity index (χ1) is 23.3. The third-order valence-electron chi connectivity index (χ3n) is 8.52. The van der Waals surface area contributed by atoms with Crippen molar-refractivity contribution >= 4 is 47.3 Å². The van der Waals surface area contributed by atoms with Gasteiger partial charge < -0.3 is 54.6 Å². The van der Waals surface area contributed by atoms with Crippen molar-refractivity contribution in [1.82, 2.24) is 26.6 Å². The lowest BCUT2D eigenvalue weighted by atomic mass is 9.94. The van der Waals surface area contributed by atoms with Crippen LogP contribution in [0.4, 0.5) is 0 Å². The van der Waals surface area contributed by atoms with Gasteiger partial charge in [-0.05, 0) is 50.0 Å². The van der Waals surface area contributed by atoms with Crippen molar-refractivity contribution in [2.45, 2.75) is 129 Å². The van der Waals surface area contributed by atoms with Gasteiger partial charge in [0.2, 0.25) is 41.4 Å². The van der Waals surface area contributed by atoms with Crippen LogP contribution in [0.2, 0.25) is 0 Å². The molecule has 18 nitrogen and oxygen atoms in total. The monoisotopic (exact) mass is 713 g/mol. The number of carboxylic acid groups (broad SMARTS) is 1. The summed E-state index contributed by atoms with van der Waals surface area (Å²) in [4.78, 5) is 102. The number of nitrogens with two attached hydrogens (primary N) is 4. The van der Waals surface area contributed by atoms with Gasteiger partial charge in [0.05, 0.1) is 12.5 Å². The third-order valence-corrected chi connectivity index (χ3v) is 8.52. The number of carbonyl (C=O) groups is 8. The normalized spacial score (nSPS) is 15.9. The van der Waals surface area contributed by atoms with Gasteiger partial charge in [-0.25, -0.2) is 4.79 Å². The Morgan fingerprint density at radius 3 is 1.50 bits per heavy atom. The summed E-state index contributed by atoms with van der Waals surface area (Å²) >= 11 is 0. The number of carboxylic acids is 1. The molecule has 0 saturated carbocycles. The van der Waals surface area contributed by atoms with E-state index in [1.54, 1.807) is 41.5 Å². The summed E-state index contributed by atoms with van der Waals surface area (Å²) in [6.07, 6.45) is 0.706. The number of unbranched alkanes of at least 4 members (excludes halogenated alkanes) is 1. The predicted octanol–water partition coefficient (Wildman–Crippen LogP) is -2.16. The molecule has 18 heteroatoms. The molecule has 286 valence electrons. The van der Waals surface area contributed by atoms with Gasteiger partial charge in [0.25, 0.3) is 0 Å². The summed E-state index contributed by atoms with van der Waals surface area (Å²) in [6.45, 7) is 10.6. The van der Waals surface area contributed by atoms with Gasteiger partial charge in [-0.1, -0.05) is 54.4 Å². The molecule has 0 heterocycles. The van der Waals surface area contributed by atoms with Gasteiger partial charge in [0.1, 0.15) is 30.2 Å². The molecular weight excluding hydrogens is 654 g/mol. The van der Waals surface area contributed by atoms with Crippen molar-refractivity contribution in [3.05, 3.63) is 0 Å². The second-order valence-corrected chi connectivity index (χ2v) is 13.0. The van der Waals surface area contributed by atoms with E-state index < -0.39 is 102 Å². The molecular formula is C32H59N9O9. The highest BCUT2D eigenvalue weighted by molar-refractivity contribution is 5.97. The summed E-state index contributed by atoms with van der Waals surface area (Å²) in [7, 11) is 0. The van der Waals surface area contributed by atoms with Crippen LogP contribution < -0.4 is 49.5 Å². The van der Waals surface area contributed by atoms with Crippen LogP contribution in [0.5, 0.6) is 0 Å². The van der Waals surface area contributed by atoms with E-state index in [4.69, 9.17) is 22.9 Å². The number of carbonyl (C=O) groups excluding carboxylic acids is 7. The first-order valence-electron chi connectivity index (χ1n) is 17.1. The van der Waals surface area contributed by atoms with E-state index in [2.05, 4.69) is 26.6 Å². The van der Waals surface area contributed by atoms with Crippen LogP contribution in [-0.4, -0.2) is 95.2 Å². The van der Waals surface area contributed by atoms with Crippen molar-refractivity contribution in [2.75, 3.05) is 6.54 Å². The minimum Gasteiger partial charge on any atom is -0.480 e. The highest BCUT2D eigenvalue weighted by Crippen LogP contribution is 2.14. The number of hydrogen-bond donors (Lipinski definition) is 10. The van der Waals surface area contributed by atoms with Crippen LogP contribution >= 0.6 is 0 Å². The van der Waals surface area contributed by atoms with Crippen molar-refractivity contribution in [1.29, 1.82) is 0 Å². The topological polar surface area (TPSA) is 321 Å². The van der Waals surface area contributed by atoms with Crippen LogP contribution in [0, 0.1) is 17.8 Å². The van der Waals surface area contributed by atoms with E-state index in [1.165, 1.54) is 0 Å². The predicted molar refractivity (Wildman–Crippen MR) is 184 cm³/mol. The average molecular weight is 714 g/mol. The van der Waals surface area contributed by atoms with Gasteiger partial charge in [-0.3, -0.25) is 33.6 Å². The molecule has 8 atom stereocenters. The molecule has 0 aliphatic rings. The number of nitrogens with one attached hydrogen (secondary N) is 5. The Bertz CT molecular complexity index is 1180. The quantitative estimate of drug-likeness (QED) is 0.0454. The maximum absolute atomic E-state index is 13.8. The SMILES string of the molecule is CC[C@H](C)[C@H](NC(=O)[C@H](CCC(N)=O)NC(=O)[C@@H](N)C(C)C)C(=O)N[C@H](C(=O)N[C@@H](CC(N)=O)C(=O)N[C@@H](CCCCN)C(=O)O)[C@@H](C)CC. The third kappa shape index (κ3) is 16.4. The molecule has 0 aliphatic heterocycles. The van der Waals surface area contributed by atoms with E-state index in [0.717, 1.165) is 0 Å². The number of amides is 7. The minimum absolute atomic E-state index is 0.0569. The second-order valence-electron chi connectivity index (χ2n) is 13.0. The zero-order valence-electron chi connectivity index (χ0n) is 30.1. The summed E-state index contributed by atoms with van der Waals surface area (Å²) in [6, 6.07) is -7.57. The molecule has 0 bridgehead atoms. The van der Waals surface area contributed by atoms with Crippen molar-refractivity contribution in [2.24, 2.45) is 40.7 Å². The van der Waals surface area contributed by atoms with E-state index in [9.17, 15) is 43.5 Å². The van der Waals surface area contributed by atoms with Crippen LogP contribution in [0.15, 0.2) is 0 Å². The lowest BCUT2D eigenvalue weighted by Crippen LogP contribution is -2.61. The fourth-order valence-electron chi connectivity index (χ4n) is 4.72. The number of primary amides is 2. The Morgan fingerprint density at radius 1 is 0.600 bits per heavy atom. The zero-order chi connectivity index (χ0) is 38.7. The maximum atomic E-state index is 13.8. The van der Waals surface area contributed by atoms with Crippen molar-refractivity contribution in [3.8, 4) is 0 Å². The number of aliphatic carboxylic acids is 1. The van der Waals surface area contributed by atoms with E-state index in [0.29, 0.717) is 32.2 Å². The summed E-state index contributed by atoms with van der Waals surface area (Å²) < 4.78 is 0. The summed E-state index contributed by atoms with van der Waals surface area (Å²) in [5.41, 5.74) is 22.0. The highest BCUT2D eigenvalue weighted by atomic mass is 16.4. The maximum Gasteiger partial charge on any atom is 0.326 e. The first-order valence-corrected chi connectivity index (χ1v) is 17.1. The summed E-state index contributed by atoms with van der Waals surface area (Å²) in [5.74, 6) is -8.22. The molecule has 0 radical (unpaired) electrons. The average Bonchev–Trinajstić information content (AvgIpc) is 3.04. The van der Waals surface area contributed by atoms with Gasteiger partial charge in [0, 0.05) is 6.42 Å². The van der Waals surface area contributed by atoms with Crippen LogP contribution in [-0.2, 0) is 38.4 Å². The molecule has 0 aliphatic carbocycles. The Labute approximate surface area is 293 Å². The van der Waals surface area contributed by atoms with Gasteiger partial charge in [-0.15, -0.1) is 0 Å². The second kappa shape index (κ2) is 23.2. The van der Waals surface area contributed by atoms with Crippen LogP contribution in [0.25, 0.3) is 0 Å². The lowest BCUT2D eigenvalue weighted by Gasteiger charge is -2.31. The number of hydrogen-bond acceptors (Lipinski definition) is 10. The van der Waals surface area contributed by atoms with Crippen LogP contribution in [0.1, 0.15) is 92.9 Å². The molecule has 0 aromatic rings. The Kier molecular flexibility index (Phi) is 21.2. The Morgan fingerprint density at radius 2 is 1.06 bits per heavy atom. The van der Waals surface area contributed by atoms with Gasteiger partial charge in [0.15, 0.2) is 0 Å². The van der Waals surface area contributed by atoms with Crippen molar-refractivity contribution < 1.29 is 43.5 Å². The van der Waals surface area contributed by atoms with E-state index in [1.807, 2.05) is 0 Å². The molecule has 7 amide bonds. The van der Waals surface area contributed by atoms with E-state index >= 15 is 0 Å². The Hall–Kier alpha value is -4.32. The molecule has 0 aromatic heterocycles. The lowest BCUT2D eigenvalue weighted by molar-refractivity contribution is -0.142. The summed E-state index contributed by atoms with van der Waals surface area (Å²) in [5, 5.41) is 22.1. The molecule has 14 N–H and O–H groups in total. The fraction of sp³-hybridized carbons (Fsp3) is 0.750. The molecule has 0 rings (SSSR count). The molecule has 0 saturated heterocycles. The van der Waals surface area contributed by atoms with Gasteiger partial charge in [-0.2, -0.15) is 0 Å². The molecule has 0 aromatic carbocycles. The molecule has 0 unspecified atom stereocenters. The molecule has 0 spiro atoms. The van der Waals surface area contributed by atoms with Crippen LogP contribution in [0.3, 0.4) is 0 Å². The minimum atomic E-state index is -1.56. The Balaban J connectivity index is 6.22. The largest absolute Gasteiger partial charge is 0.480 e. The first kappa shape index (κ1) is 45.7. The standard InChI is InChI=1S/C32H59N9O9/c1-7-17(5)25(30(47)39-21(15-23(35)43)28(45)38-20(32(49)50)11-9-10-14-33)41-31(48)26(18(6)8-2)40-27(44)19(12-13-22(34)42)37-29(46)24(36)16(3)4/h16-21,24-26H,7-15,33,36H2,1-6H3,(H2,34,42)(H2,35,43)(H,37,46)(H,38,45)(H,39,47)(H,40,44)(H,41,48)(H,49,50)/t17-,18-,19-,20-,21-,24-,25-,26-/m0/s1. The number of rotatable bonds is 25. The van der Waals surface area contributed by atoms with E-state index in [-0.39, 0.29) is 25.2 Å². The van der Waals surface area contributed by atoms with Crippen molar-refractivity contribution in [3.63, 3.8) is 0 Å². The smallest absolute Gasteiger partial charge is 0.326 e. The van der Waals surface area contributed by atoms with Gasteiger partial charge >= 0.3 is 5.97 Å². The highest BCUT2D eigenvalue weighted by Gasteiger charge is 2.36. The fourth-order valence-corrected chi connectivity index (χ4v) is 4.72. The zero-order valence-corrected chi connectivity index (χ0v) is 30.1. The molecule has 0 fully saturated rings. The molecule has 50 heavy (non-hydrogen) atoms.